The maximum absolute atomic E-state index is 11.1. The van der Waals surface area contributed by atoms with Gasteiger partial charge < -0.3 is 33.8 Å². The van der Waals surface area contributed by atoms with Crippen molar-refractivity contribution >= 4 is 15.2 Å². The van der Waals surface area contributed by atoms with Gasteiger partial charge in [-0.3, -0.25) is 0 Å². The topological polar surface area (TPSA) is 141 Å². The first kappa shape index (κ1) is 25.5. The van der Waals surface area contributed by atoms with Gasteiger partial charge in [-0.05, 0) is 12.3 Å². The van der Waals surface area contributed by atoms with Crippen molar-refractivity contribution in [3.63, 3.8) is 0 Å². The van der Waals surface area contributed by atoms with Gasteiger partial charge in [0.25, 0.3) is 0 Å². The minimum Gasteiger partial charge on any atom is -0.776 e. The van der Waals surface area contributed by atoms with Crippen LogP contribution in [0.15, 0.2) is 0 Å². The van der Waals surface area contributed by atoms with E-state index in [1.54, 1.807) is 0 Å². The van der Waals surface area contributed by atoms with E-state index in [0.29, 0.717) is 12.8 Å². The Bertz CT molecular complexity index is 365. The Morgan fingerprint density at radius 1 is 0.905 bits per heavy atom. The Labute approximate surface area is 169 Å². The van der Waals surface area contributed by atoms with E-state index in [0.717, 1.165) is 32.1 Å². The van der Waals surface area contributed by atoms with Crippen LogP contribution in [0.4, 0.5) is 0 Å². The van der Waals surface area contributed by atoms with Crippen molar-refractivity contribution in [3.05, 3.63) is 0 Å². The van der Waals surface area contributed by atoms with Crippen molar-refractivity contribution < 1.29 is 92.9 Å². The van der Waals surface area contributed by atoms with Crippen LogP contribution in [0.1, 0.15) is 51.4 Å². The molecule has 0 bridgehead atoms. The zero-order valence-corrected chi connectivity index (χ0v) is 18.4. The first-order valence-corrected chi connectivity index (χ1v) is 9.53. The van der Waals surface area contributed by atoms with Crippen LogP contribution in [0.3, 0.4) is 0 Å². The second-order valence-electron chi connectivity index (χ2n) is 5.23. The Kier molecular flexibility index (Phi) is 12.5. The predicted octanol–water partition coefficient (Wildman–Crippen LogP) is -5.52. The summed E-state index contributed by atoms with van der Waals surface area (Å²) in [6.45, 7) is 0. The molecule has 1 aliphatic rings. The maximum Gasteiger partial charge on any atom is 1.00 e. The van der Waals surface area contributed by atoms with Gasteiger partial charge in [-0.15, -0.1) is 0 Å². The van der Waals surface area contributed by atoms with Crippen molar-refractivity contribution in [2.75, 3.05) is 0 Å². The van der Waals surface area contributed by atoms with Gasteiger partial charge in [0.15, 0.2) is 20.3 Å². The minimum absolute atomic E-state index is 0. The molecule has 1 fully saturated rings. The molecule has 0 saturated heterocycles. The Morgan fingerprint density at radius 2 is 1.24 bits per heavy atom. The van der Waals surface area contributed by atoms with Gasteiger partial charge in [0.1, 0.15) is 0 Å². The molecule has 7 nitrogen and oxygen atoms in total. The van der Waals surface area contributed by atoms with E-state index in [1.807, 2.05) is 0 Å². The third kappa shape index (κ3) is 7.35. The van der Waals surface area contributed by atoms with Crippen molar-refractivity contribution in [3.8, 4) is 0 Å². The fourth-order valence-corrected chi connectivity index (χ4v) is 4.78. The number of hydrogen-bond acceptors (Lipinski definition) is 5. The van der Waals surface area contributed by atoms with Gasteiger partial charge in [-0.25, -0.2) is 0 Å². The fourth-order valence-electron chi connectivity index (χ4n) is 2.52. The summed E-state index contributed by atoms with van der Waals surface area (Å²) in [5.74, 6) is -0.353. The molecule has 0 amide bonds. The zero-order valence-electron chi connectivity index (χ0n) is 12.6. The van der Waals surface area contributed by atoms with E-state index in [2.05, 4.69) is 0 Å². The molecule has 0 heterocycles. The molecule has 114 valence electrons. The van der Waals surface area contributed by atoms with Gasteiger partial charge in [0.2, 0.25) is 0 Å². The van der Waals surface area contributed by atoms with E-state index >= 15 is 0 Å². The van der Waals surface area contributed by atoms with Gasteiger partial charge in [0.05, 0.1) is 0 Å². The van der Waals surface area contributed by atoms with Crippen molar-refractivity contribution in [1.29, 1.82) is 0 Å². The van der Waals surface area contributed by atoms with Gasteiger partial charge in [0, 0.05) is 0 Å². The fraction of sp³-hybridized carbons (Fsp3) is 1.00. The summed E-state index contributed by atoms with van der Waals surface area (Å²) < 4.78 is 22.3. The Balaban J connectivity index is 0. The van der Waals surface area contributed by atoms with Crippen molar-refractivity contribution in [1.82, 2.24) is 0 Å². The Hall–Kier alpha value is 2.26. The first-order valence-electron chi connectivity index (χ1n) is 6.38. The molecule has 1 saturated carbocycles. The maximum atomic E-state index is 11.1. The van der Waals surface area contributed by atoms with Crippen molar-refractivity contribution in [2.24, 2.45) is 5.92 Å². The minimum atomic E-state index is -5.62. The van der Waals surface area contributed by atoms with Crippen LogP contribution < -0.4 is 68.9 Å². The zero-order chi connectivity index (χ0) is 14.7. The van der Waals surface area contributed by atoms with Gasteiger partial charge in [-0.2, -0.15) is 0 Å². The van der Waals surface area contributed by atoms with E-state index < -0.39 is 26.7 Å². The van der Waals surface area contributed by atoms with E-state index in [4.69, 9.17) is 9.79 Å². The summed E-state index contributed by atoms with van der Waals surface area (Å²) in [6.07, 6.45) is 5.10. The van der Waals surface area contributed by atoms with E-state index in [1.165, 1.54) is 0 Å². The quantitative estimate of drug-likeness (QED) is 0.335. The molecule has 2 atom stereocenters. The van der Waals surface area contributed by atoms with Crippen LogP contribution >= 0.6 is 15.2 Å². The molecule has 0 radical (unpaired) electrons. The summed E-state index contributed by atoms with van der Waals surface area (Å²) in [5, 5.41) is 6.28. The number of hydrogen-bond donors (Lipinski definition) is 3. The number of aliphatic hydroxyl groups is 1. The molecule has 0 aromatic rings. The first-order chi connectivity index (χ1) is 8.58. The van der Waals surface area contributed by atoms with Crippen molar-refractivity contribution in [2.45, 2.75) is 56.4 Å². The smallest absolute Gasteiger partial charge is 0.776 e. The normalized spacial score (nSPS) is 25.8. The third-order valence-corrected chi connectivity index (χ3v) is 7.38. The molecule has 0 spiro atoms. The molecular formula is C10H20Na2O7P2. The summed E-state index contributed by atoms with van der Waals surface area (Å²) in [5.41, 5.74) is 0. The second kappa shape index (κ2) is 10.3. The summed E-state index contributed by atoms with van der Waals surface area (Å²) in [7, 11) is -11.2. The third-order valence-electron chi connectivity index (χ3n) is 3.69. The molecule has 1 aliphatic carbocycles. The summed E-state index contributed by atoms with van der Waals surface area (Å²) in [6, 6.07) is 0. The molecular weight excluding hydrogens is 340 g/mol. The predicted molar refractivity (Wildman–Crippen MR) is 65.0 cm³/mol. The van der Waals surface area contributed by atoms with Crippen LogP contribution in [0, 0.1) is 5.92 Å². The monoisotopic (exact) mass is 360 g/mol. The molecule has 2 unspecified atom stereocenters. The van der Waals surface area contributed by atoms with Crippen LogP contribution in [-0.4, -0.2) is 20.0 Å². The molecule has 0 aliphatic heterocycles. The second-order valence-corrected chi connectivity index (χ2v) is 9.14. The standard InChI is InChI=1S/C10H22O7P2.2Na/c11-10(18(12,13)14,19(15,16)17)8-9-6-4-2-1-3-5-7-9;;/h9,11H,1-8H2,(H2,12,13,14)(H2,15,16,17);;/q;2*+1/p-2. The molecule has 21 heavy (non-hydrogen) atoms. The van der Waals surface area contributed by atoms with Crippen LogP contribution in [0.25, 0.3) is 0 Å². The average molecular weight is 360 g/mol. The largest absolute Gasteiger partial charge is 1.00 e. The van der Waals surface area contributed by atoms with Gasteiger partial charge >= 0.3 is 59.1 Å². The molecule has 0 aromatic carbocycles. The SMILES string of the molecule is O=P([O-])(O)C(O)(CC1CCCCCCC1)P(=O)([O-])O.[Na+].[Na+]. The van der Waals surface area contributed by atoms with E-state index in [9.17, 15) is 24.0 Å². The molecule has 1 rings (SSSR count). The van der Waals surface area contributed by atoms with Crippen LogP contribution in [0.5, 0.6) is 0 Å². The van der Waals surface area contributed by atoms with Gasteiger partial charge in [-0.1, -0.05) is 44.9 Å². The molecule has 3 N–H and O–H groups in total. The molecule has 0 aromatic heterocycles. The molecule has 11 heteroatoms. The van der Waals surface area contributed by atoms with Crippen LogP contribution in [-0.2, 0) is 9.13 Å². The van der Waals surface area contributed by atoms with Crippen LogP contribution in [0.2, 0.25) is 0 Å². The summed E-state index contributed by atoms with van der Waals surface area (Å²) >= 11 is 0. The van der Waals surface area contributed by atoms with E-state index in [-0.39, 0.29) is 65.0 Å². The summed E-state index contributed by atoms with van der Waals surface area (Å²) in [4.78, 5) is 40.2. The Morgan fingerprint density at radius 3 is 1.57 bits per heavy atom. The number of rotatable bonds is 4. The average Bonchev–Trinajstić information content (AvgIpc) is 2.18.